The first-order valence-corrected chi connectivity index (χ1v) is 5.83. The van der Waals surface area contributed by atoms with Crippen molar-refractivity contribution < 1.29 is 22.1 Å². The molecule has 94 valence electrons. The van der Waals surface area contributed by atoms with E-state index < -0.39 is 27.9 Å². The van der Waals surface area contributed by atoms with Gasteiger partial charge in [0.05, 0.1) is 16.4 Å². The topological polar surface area (TPSA) is 89.3 Å². The molecule has 1 N–H and O–H groups in total. The summed E-state index contributed by atoms with van der Waals surface area (Å²) in [6.07, 6.45) is -2.80. The number of benzene rings is 1. The zero-order valence-electron chi connectivity index (χ0n) is 8.34. The molecular weight excluding hydrogens is 258 g/mol. The van der Waals surface area contributed by atoms with Gasteiger partial charge in [-0.3, -0.25) is 10.1 Å². The normalized spacial score (nSPS) is 11.7. The van der Waals surface area contributed by atoms with Crippen molar-refractivity contribution in [3.63, 3.8) is 0 Å². The summed E-state index contributed by atoms with van der Waals surface area (Å²) in [5, 5.41) is 10.3. The largest absolute Gasteiger partial charge is 0.269 e. The number of alkyl halides is 2. The Balaban J connectivity index is 2.89. The Kier molecular flexibility index (Phi) is 4.07. The molecule has 0 unspecified atom stereocenters. The van der Waals surface area contributed by atoms with Gasteiger partial charge in [-0.05, 0) is 12.1 Å². The van der Waals surface area contributed by atoms with Gasteiger partial charge in [0.2, 0.25) is 10.0 Å². The highest BCUT2D eigenvalue weighted by Gasteiger charge is 2.17. The number of hydrogen-bond donors (Lipinski definition) is 1. The summed E-state index contributed by atoms with van der Waals surface area (Å²) in [4.78, 5) is 9.32. The fourth-order valence-electron chi connectivity index (χ4n) is 1.00. The number of sulfonamides is 1. The molecule has 0 aliphatic carbocycles. The zero-order valence-corrected chi connectivity index (χ0v) is 9.15. The maximum absolute atomic E-state index is 11.8. The molecule has 6 nitrogen and oxygen atoms in total. The van der Waals surface area contributed by atoms with Crippen molar-refractivity contribution in [2.75, 3.05) is 6.54 Å². The minimum atomic E-state index is -4.05. The lowest BCUT2D eigenvalue weighted by atomic mass is 10.3. The SMILES string of the molecule is O=[N+]([O-])c1ccc(S(=O)(=O)NCC(F)F)cc1. The van der Waals surface area contributed by atoms with E-state index in [1.165, 1.54) is 0 Å². The van der Waals surface area contributed by atoms with E-state index in [1.807, 2.05) is 0 Å². The van der Waals surface area contributed by atoms with Gasteiger partial charge in [-0.1, -0.05) is 0 Å². The molecule has 9 heteroatoms. The molecule has 0 atom stereocenters. The standard InChI is InChI=1S/C8H8F2N2O4S/c9-8(10)5-11-17(15,16)7-3-1-6(2-4-7)12(13)14/h1-4,8,11H,5H2. The van der Waals surface area contributed by atoms with E-state index in [0.29, 0.717) is 0 Å². The second-order valence-corrected chi connectivity index (χ2v) is 4.76. The minimum Gasteiger partial charge on any atom is -0.258 e. The van der Waals surface area contributed by atoms with Crippen molar-refractivity contribution in [1.29, 1.82) is 0 Å². The first-order chi connectivity index (χ1) is 7.83. The number of nitro benzene ring substituents is 1. The molecule has 0 heterocycles. The second kappa shape index (κ2) is 5.15. The van der Waals surface area contributed by atoms with Crippen LogP contribution in [0.25, 0.3) is 0 Å². The fraction of sp³-hybridized carbons (Fsp3) is 0.250. The lowest BCUT2D eigenvalue weighted by molar-refractivity contribution is -0.384. The molecule has 0 radical (unpaired) electrons. The van der Waals surface area contributed by atoms with Crippen LogP contribution >= 0.6 is 0 Å². The summed E-state index contributed by atoms with van der Waals surface area (Å²) in [7, 11) is -4.05. The van der Waals surface area contributed by atoms with Crippen molar-refractivity contribution in [3.05, 3.63) is 34.4 Å². The van der Waals surface area contributed by atoms with Crippen LogP contribution in [0.1, 0.15) is 0 Å². The molecule has 0 aliphatic heterocycles. The number of nitrogens with zero attached hydrogens (tertiary/aromatic N) is 1. The van der Waals surface area contributed by atoms with Gasteiger partial charge in [0, 0.05) is 12.1 Å². The molecule has 17 heavy (non-hydrogen) atoms. The summed E-state index contributed by atoms with van der Waals surface area (Å²) in [5.41, 5.74) is -0.280. The number of hydrogen-bond acceptors (Lipinski definition) is 4. The second-order valence-electron chi connectivity index (χ2n) is 2.99. The van der Waals surface area contributed by atoms with Gasteiger partial charge < -0.3 is 0 Å². The molecule has 0 saturated heterocycles. The molecule has 0 saturated carbocycles. The van der Waals surface area contributed by atoms with E-state index in [2.05, 4.69) is 0 Å². The van der Waals surface area contributed by atoms with Crippen LogP contribution in [-0.4, -0.2) is 26.3 Å². The van der Waals surface area contributed by atoms with Crippen LogP contribution in [0, 0.1) is 10.1 Å². The van der Waals surface area contributed by atoms with Crippen LogP contribution in [0.3, 0.4) is 0 Å². The average molecular weight is 266 g/mol. The molecule has 1 rings (SSSR count). The molecule has 0 aromatic heterocycles. The number of rotatable bonds is 5. The van der Waals surface area contributed by atoms with Crippen LogP contribution in [-0.2, 0) is 10.0 Å². The smallest absolute Gasteiger partial charge is 0.258 e. The van der Waals surface area contributed by atoms with Crippen LogP contribution in [0.5, 0.6) is 0 Å². The molecule has 1 aromatic rings. The number of halogens is 2. The van der Waals surface area contributed by atoms with Gasteiger partial charge in [-0.2, -0.15) is 0 Å². The number of nitro groups is 1. The van der Waals surface area contributed by atoms with E-state index in [9.17, 15) is 27.3 Å². The Morgan fingerprint density at radius 3 is 2.24 bits per heavy atom. The Morgan fingerprint density at radius 2 is 1.82 bits per heavy atom. The highest BCUT2D eigenvalue weighted by atomic mass is 32.2. The van der Waals surface area contributed by atoms with E-state index in [-0.39, 0.29) is 10.6 Å². The Hall–Kier alpha value is -1.61. The molecule has 0 amide bonds. The first-order valence-electron chi connectivity index (χ1n) is 4.35. The van der Waals surface area contributed by atoms with E-state index >= 15 is 0 Å². The monoisotopic (exact) mass is 266 g/mol. The quantitative estimate of drug-likeness (QED) is 0.639. The third-order valence-electron chi connectivity index (χ3n) is 1.79. The van der Waals surface area contributed by atoms with Crippen LogP contribution < -0.4 is 4.72 Å². The highest BCUT2D eigenvalue weighted by molar-refractivity contribution is 7.89. The maximum Gasteiger partial charge on any atom is 0.269 e. The van der Waals surface area contributed by atoms with Gasteiger partial charge in [-0.25, -0.2) is 21.9 Å². The summed E-state index contributed by atoms with van der Waals surface area (Å²) in [6, 6.07) is 3.92. The zero-order chi connectivity index (χ0) is 13.1. The lowest BCUT2D eigenvalue weighted by Gasteiger charge is -2.05. The van der Waals surface area contributed by atoms with E-state index in [0.717, 1.165) is 24.3 Å². The van der Waals surface area contributed by atoms with Crippen LogP contribution in [0.2, 0.25) is 0 Å². The highest BCUT2D eigenvalue weighted by Crippen LogP contribution is 2.15. The summed E-state index contributed by atoms with van der Waals surface area (Å²) in [6.45, 7) is -1.00. The summed E-state index contributed by atoms with van der Waals surface area (Å²) >= 11 is 0. The van der Waals surface area contributed by atoms with Gasteiger partial charge >= 0.3 is 0 Å². The molecular formula is C8H8F2N2O4S. The summed E-state index contributed by atoms with van der Waals surface area (Å²) in [5.74, 6) is 0. The van der Waals surface area contributed by atoms with Gasteiger partial charge in [0.15, 0.2) is 0 Å². The third kappa shape index (κ3) is 3.71. The molecule has 0 aliphatic rings. The fourth-order valence-corrected chi connectivity index (χ4v) is 2.01. The van der Waals surface area contributed by atoms with Crippen molar-refractivity contribution in [2.45, 2.75) is 11.3 Å². The van der Waals surface area contributed by atoms with Gasteiger partial charge in [0.25, 0.3) is 12.1 Å². The van der Waals surface area contributed by atoms with Gasteiger partial charge in [-0.15, -0.1) is 0 Å². The Bertz CT molecular complexity index is 501. The molecule has 0 bridgehead atoms. The van der Waals surface area contributed by atoms with E-state index in [4.69, 9.17) is 0 Å². The predicted molar refractivity (Wildman–Crippen MR) is 54.3 cm³/mol. The first kappa shape index (κ1) is 13.5. The van der Waals surface area contributed by atoms with Crippen molar-refractivity contribution in [2.24, 2.45) is 0 Å². The van der Waals surface area contributed by atoms with Crippen molar-refractivity contribution in [3.8, 4) is 0 Å². The minimum absolute atomic E-state index is 0.280. The number of non-ortho nitro benzene ring substituents is 1. The molecule has 0 fully saturated rings. The summed E-state index contributed by atoms with van der Waals surface area (Å²) < 4.78 is 48.2. The molecule has 1 aromatic carbocycles. The van der Waals surface area contributed by atoms with Crippen LogP contribution in [0.4, 0.5) is 14.5 Å². The van der Waals surface area contributed by atoms with E-state index in [1.54, 1.807) is 4.72 Å². The van der Waals surface area contributed by atoms with Crippen molar-refractivity contribution in [1.82, 2.24) is 4.72 Å². The maximum atomic E-state index is 11.8. The average Bonchev–Trinajstić information content (AvgIpc) is 2.27. The Labute approximate surface area is 95.5 Å². The lowest BCUT2D eigenvalue weighted by Crippen LogP contribution is -2.28. The third-order valence-corrected chi connectivity index (χ3v) is 3.22. The Morgan fingerprint density at radius 1 is 1.29 bits per heavy atom. The van der Waals surface area contributed by atoms with Gasteiger partial charge in [0.1, 0.15) is 0 Å². The van der Waals surface area contributed by atoms with Crippen LogP contribution in [0.15, 0.2) is 29.2 Å². The number of nitrogens with one attached hydrogen (secondary N) is 1. The van der Waals surface area contributed by atoms with Crippen molar-refractivity contribution >= 4 is 15.7 Å². The predicted octanol–water partition coefficient (Wildman–Crippen LogP) is 1.14. The molecule has 0 spiro atoms.